The van der Waals surface area contributed by atoms with E-state index >= 15 is 0 Å². The molecule has 0 bridgehead atoms. The summed E-state index contributed by atoms with van der Waals surface area (Å²) in [5.41, 5.74) is 2.74. The van der Waals surface area contributed by atoms with Crippen molar-refractivity contribution in [3.8, 4) is 0 Å². The van der Waals surface area contributed by atoms with Gasteiger partial charge in [-0.1, -0.05) is 6.07 Å². The van der Waals surface area contributed by atoms with Gasteiger partial charge in [0.05, 0.1) is 6.20 Å². The predicted octanol–water partition coefficient (Wildman–Crippen LogP) is 3.61. The first kappa shape index (κ1) is 15.3. The zero-order chi connectivity index (χ0) is 16.4. The van der Waals surface area contributed by atoms with Gasteiger partial charge in [-0.05, 0) is 44.4 Å². The summed E-state index contributed by atoms with van der Waals surface area (Å²) in [6, 6.07) is 8.10. The molecule has 5 nitrogen and oxygen atoms in total. The molecule has 0 atom stereocenters. The highest BCUT2D eigenvalue weighted by atomic mass is 16.2. The Kier molecular flexibility index (Phi) is 4.19. The lowest BCUT2D eigenvalue weighted by Gasteiger charge is -2.20. The molecular formula is C18H22N4O. The average Bonchev–Trinajstić information content (AvgIpc) is 3.20. The van der Waals surface area contributed by atoms with E-state index in [0.717, 1.165) is 16.5 Å². The third-order valence-electron chi connectivity index (χ3n) is 4.03. The van der Waals surface area contributed by atoms with Crippen molar-refractivity contribution < 1.29 is 4.79 Å². The van der Waals surface area contributed by atoms with Gasteiger partial charge in [-0.3, -0.25) is 9.48 Å². The molecule has 0 saturated carbocycles. The second kappa shape index (κ2) is 6.28. The maximum atomic E-state index is 12.8. The molecule has 0 fully saturated rings. The number of nitrogens with zero attached hydrogens (tertiary/aromatic N) is 3. The zero-order valence-corrected chi connectivity index (χ0v) is 13.8. The van der Waals surface area contributed by atoms with E-state index in [1.807, 2.05) is 59.4 Å². The molecule has 0 saturated heterocycles. The summed E-state index contributed by atoms with van der Waals surface area (Å²) in [6.07, 6.45) is 5.73. The van der Waals surface area contributed by atoms with E-state index in [1.165, 1.54) is 0 Å². The Balaban J connectivity index is 1.79. The van der Waals surface area contributed by atoms with Crippen LogP contribution in [-0.2, 0) is 6.54 Å². The molecule has 1 aromatic carbocycles. The SMILES string of the molecule is CCN(Cc1cnn(C(C)C)c1)C(=O)c1ccc2cc[nH]c2c1. The van der Waals surface area contributed by atoms with Crippen LogP contribution in [0.1, 0.15) is 42.7 Å². The molecule has 0 spiro atoms. The summed E-state index contributed by atoms with van der Waals surface area (Å²) in [5, 5.41) is 5.46. The number of aromatic nitrogens is 3. The van der Waals surface area contributed by atoms with Gasteiger partial charge >= 0.3 is 0 Å². The Morgan fingerprint density at radius 1 is 1.35 bits per heavy atom. The summed E-state index contributed by atoms with van der Waals surface area (Å²) in [7, 11) is 0. The minimum absolute atomic E-state index is 0.0429. The summed E-state index contributed by atoms with van der Waals surface area (Å²) in [6.45, 7) is 7.41. The van der Waals surface area contributed by atoms with Crippen molar-refractivity contribution in [1.82, 2.24) is 19.7 Å². The summed E-state index contributed by atoms with van der Waals surface area (Å²) in [5.74, 6) is 0.0429. The summed E-state index contributed by atoms with van der Waals surface area (Å²) >= 11 is 0. The second-order valence-corrected chi connectivity index (χ2v) is 6.02. The van der Waals surface area contributed by atoms with Gasteiger partial charge in [0.15, 0.2) is 0 Å². The molecule has 2 aromatic heterocycles. The van der Waals surface area contributed by atoms with Crippen molar-refractivity contribution in [2.24, 2.45) is 0 Å². The standard InChI is InChI=1S/C18H22N4O/c1-4-21(11-14-10-20-22(12-14)13(2)3)18(23)16-6-5-15-7-8-19-17(15)9-16/h5-10,12-13,19H,4,11H2,1-3H3. The lowest BCUT2D eigenvalue weighted by Crippen LogP contribution is -2.30. The Hall–Kier alpha value is -2.56. The average molecular weight is 310 g/mol. The van der Waals surface area contributed by atoms with Gasteiger partial charge in [0.25, 0.3) is 5.91 Å². The molecule has 1 N–H and O–H groups in total. The predicted molar refractivity (Wildman–Crippen MR) is 91.3 cm³/mol. The number of fused-ring (bicyclic) bond motifs is 1. The second-order valence-electron chi connectivity index (χ2n) is 6.02. The van der Waals surface area contributed by atoms with Crippen molar-refractivity contribution in [1.29, 1.82) is 0 Å². The van der Waals surface area contributed by atoms with Crippen molar-refractivity contribution in [2.45, 2.75) is 33.4 Å². The molecule has 23 heavy (non-hydrogen) atoms. The van der Waals surface area contributed by atoms with Crippen LogP contribution in [0.3, 0.4) is 0 Å². The zero-order valence-electron chi connectivity index (χ0n) is 13.8. The highest BCUT2D eigenvalue weighted by molar-refractivity contribution is 5.97. The highest BCUT2D eigenvalue weighted by Crippen LogP contribution is 2.17. The lowest BCUT2D eigenvalue weighted by atomic mass is 10.1. The first-order valence-electron chi connectivity index (χ1n) is 7.98. The molecule has 5 heteroatoms. The molecule has 0 radical (unpaired) electrons. The number of aromatic amines is 1. The lowest BCUT2D eigenvalue weighted by molar-refractivity contribution is 0.0752. The molecule has 120 valence electrons. The summed E-state index contributed by atoms with van der Waals surface area (Å²) in [4.78, 5) is 17.8. The molecule has 0 aliphatic rings. The Labute approximate surface area is 135 Å². The van der Waals surface area contributed by atoms with E-state index in [1.54, 1.807) is 0 Å². The number of rotatable bonds is 5. The van der Waals surface area contributed by atoms with Gasteiger partial charge in [0.1, 0.15) is 0 Å². The van der Waals surface area contributed by atoms with Gasteiger partial charge in [-0.25, -0.2) is 0 Å². The fourth-order valence-corrected chi connectivity index (χ4v) is 2.65. The fraction of sp³-hybridized carbons (Fsp3) is 0.333. The van der Waals surface area contributed by atoms with Crippen LogP contribution in [0.15, 0.2) is 42.9 Å². The maximum Gasteiger partial charge on any atom is 0.254 e. The van der Waals surface area contributed by atoms with Crippen LogP contribution in [0.2, 0.25) is 0 Å². The maximum absolute atomic E-state index is 12.8. The van der Waals surface area contributed by atoms with Crippen molar-refractivity contribution in [2.75, 3.05) is 6.54 Å². The van der Waals surface area contributed by atoms with Crippen LogP contribution in [0.5, 0.6) is 0 Å². The number of benzene rings is 1. The molecule has 3 aromatic rings. The van der Waals surface area contributed by atoms with Gasteiger partial charge in [0, 0.05) is 48.2 Å². The smallest absolute Gasteiger partial charge is 0.254 e. The van der Waals surface area contributed by atoms with E-state index < -0.39 is 0 Å². The normalized spacial score (nSPS) is 11.3. The molecule has 3 rings (SSSR count). The van der Waals surface area contributed by atoms with Crippen LogP contribution >= 0.6 is 0 Å². The molecular weight excluding hydrogens is 288 g/mol. The molecule has 0 aliphatic heterocycles. The molecule has 1 amide bonds. The van der Waals surface area contributed by atoms with E-state index in [-0.39, 0.29) is 5.91 Å². The number of hydrogen-bond donors (Lipinski definition) is 1. The van der Waals surface area contributed by atoms with Crippen LogP contribution in [0.25, 0.3) is 10.9 Å². The number of carbonyl (C=O) groups is 1. The minimum atomic E-state index is 0.0429. The number of carbonyl (C=O) groups excluding carboxylic acids is 1. The van der Waals surface area contributed by atoms with E-state index in [2.05, 4.69) is 23.9 Å². The van der Waals surface area contributed by atoms with Gasteiger partial charge in [0.2, 0.25) is 0 Å². The number of amides is 1. The molecule has 2 heterocycles. The largest absolute Gasteiger partial charge is 0.361 e. The number of nitrogens with one attached hydrogen (secondary N) is 1. The Morgan fingerprint density at radius 2 is 2.17 bits per heavy atom. The van der Waals surface area contributed by atoms with Crippen molar-refractivity contribution in [3.05, 3.63) is 54.0 Å². The van der Waals surface area contributed by atoms with Gasteiger partial charge in [-0.2, -0.15) is 5.10 Å². The van der Waals surface area contributed by atoms with Crippen LogP contribution in [0, 0.1) is 0 Å². The third kappa shape index (κ3) is 3.13. The first-order valence-corrected chi connectivity index (χ1v) is 7.98. The van der Waals surface area contributed by atoms with E-state index in [9.17, 15) is 4.79 Å². The number of hydrogen-bond acceptors (Lipinski definition) is 2. The topological polar surface area (TPSA) is 53.9 Å². The quantitative estimate of drug-likeness (QED) is 0.782. The van der Waals surface area contributed by atoms with Crippen molar-refractivity contribution >= 4 is 16.8 Å². The van der Waals surface area contributed by atoms with Gasteiger partial charge < -0.3 is 9.88 Å². The third-order valence-corrected chi connectivity index (χ3v) is 4.03. The van der Waals surface area contributed by atoms with Crippen molar-refractivity contribution in [3.63, 3.8) is 0 Å². The van der Waals surface area contributed by atoms with Crippen LogP contribution < -0.4 is 0 Å². The minimum Gasteiger partial charge on any atom is -0.361 e. The first-order chi connectivity index (χ1) is 11.1. The molecule has 0 unspecified atom stereocenters. The highest BCUT2D eigenvalue weighted by Gasteiger charge is 2.16. The van der Waals surface area contributed by atoms with Crippen LogP contribution in [-0.4, -0.2) is 32.1 Å². The Bertz CT molecular complexity index is 815. The van der Waals surface area contributed by atoms with E-state index in [4.69, 9.17) is 0 Å². The monoisotopic (exact) mass is 310 g/mol. The number of H-pyrrole nitrogens is 1. The van der Waals surface area contributed by atoms with Gasteiger partial charge in [-0.15, -0.1) is 0 Å². The summed E-state index contributed by atoms with van der Waals surface area (Å²) < 4.78 is 1.92. The Morgan fingerprint density at radius 3 is 2.87 bits per heavy atom. The van der Waals surface area contributed by atoms with Crippen LogP contribution in [0.4, 0.5) is 0 Å². The molecule has 0 aliphatic carbocycles. The fourth-order valence-electron chi connectivity index (χ4n) is 2.65. The van der Waals surface area contributed by atoms with E-state index in [0.29, 0.717) is 24.7 Å².